The number of nitrogens with zero attached hydrogens (tertiary/aromatic N) is 2. The van der Waals surface area contributed by atoms with Crippen molar-refractivity contribution in [2.45, 2.75) is 51.7 Å². The van der Waals surface area contributed by atoms with Gasteiger partial charge in [0, 0.05) is 31.2 Å². The summed E-state index contributed by atoms with van der Waals surface area (Å²) in [4.78, 5) is 5.43. The molecule has 2 nitrogen and oxygen atoms in total. The highest BCUT2D eigenvalue weighted by molar-refractivity contribution is 5.19. The minimum absolute atomic E-state index is 0.485. The smallest absolute Gasteiger partial charge is 0.0489 e. The van der Waals surface area contributed by atoms with E-state index in [-0.39, 0.29) is 0 Å². The van der Waals surface area contributed by atoms with E-state index in [0.717, 1.165) is 12.5 Å². The summed E-state index contributed by atoms with van der Waals surface area (Å²) >= 11 is 0. The fourth-order valence-electron chi connectivity index (χ4n) is 4.18. The summed E-state index contributed by atoms with van der Waals surface area (Å²) in [6, 6.07) is 11.6. The molecule has 0 radical (unpaired) electrons. The van der Waals surface area contributed by atoms with E-state index < -0.39 is 0 Å². The molecule has 2 heterocycles. The number of hydrogen-bond donors (Lipinski definition) is 0. The lowest BCUT2D eigenvalue weighted by molar-refractivity contribution is -0.0909. The van der Waals surface area contributed by atoms with Gasteiger partial charge >= 0.3 is 0 Å². The molecule has 1 aromatic rings. The third-order valence-corrected chi connectivity index (χ3v) is 5.28. The molecular weight excluding hydrogens is 244 g/mol. The summed E-state index contributed by atoms with van der Waals surface area (Å²) in [5.41, 5.74) is 1.93. The minimum Gasteiger partial charge on any atom is -0.295 e. The van der Waals surface area contributed by atoms with Crippen molar-refractivity contribution < 1.29 is 0 Å². The van der Waals surface area contributed by atoms with Gasteiger partial charge in [-0.15, -0.1) is 0 Å². The van der Waals surface area contributed by atoms with Crippen LogP contribution in [0.5, 0.6) is 0 Å². The van der Waals surface area contributed by atoms with Gasteiger partial charge in [-0.25, -0.2) is 0 Å². The van der Waals surface area contributed by atoms with Crippen LogP contribution >= 0.6 is 0 Å². The van der Waals surface area contributed by atoms with Crippen molar-refractivity contribution in [2.24, 2.45) is 5.92 Å². The summed E-state index contributed by atoms with van der Waals surface area (Å²) < 4.78 is 0. The number of rotatable bonds is 4. The van der Waals surface area contributed by atoms with Crippen molar-refractivity contribution in [3.63, 3.8) is 0 Å². The van der Waals surface area contributed by atoms with E-state index >= 15 is 0 Å². The molecule has 0 aliphatic carbocycles. The zero-order valence-corrected chi connectivity index (χ0v) is 13.2. The van der Waals surface area contributed by atoms with Crippen LogP contribution in [0.25, 0.3) is 0 Å². The Labute approximate surface area is 123 Å². The summed E-state index contributed by atoms with van der Waals surface area (Å²) in [6.45, 7) is 12.1. The highest BCUT2D eigenvalue weighted by Gasteiger charge is 2.55. The Balaban J connectivity index is 1.64. The summed E-state index contributed by atoms with van der Waals surface area (Å²) in [5.74, 6) is 0.778. The minimum atomic E-state index is 0.485. The zero-order valence-electron chi connectivity index (χ0n) is 13.2. The van der Waals surface area contributed by atoms with Crippen LogP contribution in [0.1, 0.15) is 39.2 Å². The van der Waals surface area contributed by atoms with Crippen LogP contribution in [0.2, 0.25) is 0 Å². The molecule has 0 N–H and O–H groups in total. The molecule has 0 bridgehead atoms. The van der Waals surface area contributed by atoms with Crippen molar-refractivity contribution in [2.75, 3.05) is 19.6 Å². The topological polar surface area (TPSA) is 6.48 Å². The first-order valence-electron chi connectivity index (χ1n) is 8.15. The van der Waals surface area contributed by atoms with Crippen molar-refractivity contribution in [1.82, 2.24) is 9.80 Å². The van der Waals surface area contributed by atoms with Gasteiger partial charge in [0.1, 0.15) is 0 Å². The molecule has 1 aromatic carbocycles. The van der Waals surface area contributed by atoms with Crippen molar-refractivity contribution in [1.29, 1.82) is 0 Å². The highest BCUT2D eigenvalue weighted by atomic mass is 15.4. The fourth-order valence-corrected chi connectivity index (χ4v) is 4.18. The van der Waals surface area contributed by atoms with E-state index in [1.807, 2.05) is 0 Å². The number of likely N-dealkylation sites (tertiary alicyclic amines) is 2. The quantitative estimate of drug-likeness (QED) is 0.829. The van der Waals surface area contributed by atoms with E-state index in [2.05, 4.69) is 60.9 Å². The van der Waals surface area contributed by atoms with Crippen LogP contribution < -0.4 is 0 Å². The Morgan fingerprint density at radius 2 is 2.00 bits per heavy atom. The summed E-state index contributed by atoms with van der Waals surface area (Å²) in [5, 5.41) is 0. The second-order valence-corrected chi connectivity index (χ2v) is 7.11. The first-order chi connectivity index (χ1) is 9.62. The lowest BCUT2D eigenvalue weighted by Gasteiger charge is -2.59. The van der Waals surface area contributed by atoms with Crippen LogP contribution in [-0.4, -0.2) is 41.0 Å². The van der Waals surface area contributed by atoms with Crippen molar-refractivity contribution >= 4 is 0 Å². The van der Waals surface area contributed by atoms with E-state index in [1.165, 1.54) is 38.0 Å². The molecule has 0 saturated carbocycles. The molecule has 0 aromatic heterocycles. The average Bonchev–Trinajstić information content (AvgIpc) is 2.84. The number of hydrogen-bond acceptors (Lipinski definition) is 2. The van der Waals surface area contributed by atoms with Gasteiger partial charge in [0.2, 0.25) is 0 Å². The predicted molar refractivity (Wildman–Crippen MR) is 84.7 cm³/mol. The molecule has 2 saturated heterocycles. The van der Waals surface area contributed by atoms with E-state index in [0.29, 0.717) is 11.6 Å². The monoisotopic (exact) mass is 272 g/mol. The molecule has 0 amide bonds. The molecular formula is C18H28N2. The molecule has 20 heavy (non-hydrogen) atoms. The van der Waals surface area contributed by atoms with E-state index in [1.54, 1.807) is 0 Å². The largest absolute Gasteiger partial charge is 0.295 e. The van der Waals surface area contributed by atoms with Gasteiger partial charge < -0.3 is 0 Å². The molecule has 2 aliphatic heterocycles. The Hall–Kier alpha value is -0.860. The third-order valence-electron chi connectivity index (χ3n) is 5.28. The average molecular weight is 272 g/mol. The van der Waals surface area contributed by atoms with Gasteiger partial charge in [-0.2, -0.15) is 0 Å². The third kappa shape index (κ3) is 2.40. The zero-order chi connectivity index (χ0) is 14.2. The highest BCUT2D eigenvalue weighted by Crippen LogP contribution is 2.43. The molecule has 110 valence electrons. The summed E-state index contributed by atoms with van der Waals surface area (Å²) in [7, 11) is 0. The van der Waals surface area contributed by atoms with Crippen molar-refractivity contribution in [3.05, 3.63) is 35.9 Å². The molecule has 2 aliphatic rings. The van der Waals surface area contributed by atoms with Gasteiger partial charge in [-0.3, -0.25) is 9.80 Å². The maximum Gasteiger partial charge on any atom is 0.0489 e. The van der Waals surface area contributed by atoms with Crippen LogP contribution in [0.3, 0.4) is 0 Å². The van der Waals surface area contributed by atoms with Crippen LogP contribution in [-0.2, 0) is 6.54 Å². The standard InChI is InChI=1S/C18H28N2/c1-15(2)12-20-11-7-10-18(20)14-19(16(18)3)13-17-8-5-4-6-9-17/h4-6,8-9,15-16H,7,10-14H2,1-3H3. The van der Waals surface area contributed by atoms with Gasteiger partial charge in [0.15, 0.2) is 0 Å². The Morgan fingerprint density at radius 3 is 2.65 bits per heavy atom. The molecule has 2 atom stereocenters. The van der Waals surface area contributed by atoms with Crippen molar-refractivity contribution in [3.8, 4) is 0 Å². The molecule has 2 heteroatoms. The molecule has 3 rings (SSSR count). The van der Waals surface area contributed by atoms with Crippen LogP contribution in [0.4, 0.5) is 0 Å². The van der Waals surface area contributed by atoms with Gasteiger partial charge in [-0.05, 0) is 37.8 Å². The molecule has 2 unspecified atom stereocenters. The van der Waals surface area contributed by atoms with Crippen LogP contribution in [0, 0.1) is 5.92 Å². The maximum atomic E-state index is 2.78. The second-order valence-electron chi connectivity index (χ2n) is 7.11. The second kappa shape index (κ2) is 5.50. The first-order valence-corrected chi connectivity index (χ1v) is 8.15. The fraction of sp³-hybridized carbons (Fsp3) is 0.667. The Morgan fingerprint density at radius 1 is 1.25 bits per heavy atom. The number of benzene rings is 1. The molecule has 2 fully saturated rings. The predicted octanol–water partition coefficient (Wildman–Crippen LogP) is 3.38. The van der Waals surface area contributed by atoms with E-state index in [4.69, 9.17) is 0 Å². The normalized spacial score (nSPS) is 31.1. The SMILES string of the molecule is CC(C)CN1CCCC12CN(Cc1ccccc1)C2C. The Bertz CT molecular complexity index is 442. The van der Waals surface area contributed by atoms with Gasteiger partial charge in [-0.1, -0.05) is 44.2 Å². The van der Waals surface area contributed by atoms with E-state index in [9.17, 15) is 0 Å². The van der Waals surface area contributed by atoms with Crippen LogP contribution in [0.15, 0.2) is 30.3 Å². The van der Waals surface area contributed by atoms with Gasteiger partial charge in [0.25, 0.3) is 0 Å². The summed E-state index contributed by atoms with van der Waals surface area (Å²) in [6.07, 6.45) is 2.78. The Kier molecular flexibility index (Phi) is 3.87. The molecule has 1 spiro atoms. The first kappa shape index (κ1) is 14.1. The van der Waals surface area contributed by atoms with Gasteiger partial charge in [0.05, 0.1) is 0 Å². The lowest BCUT2D eigenvalue weighted by atomic mass is 9.78. The lowest BCUT2D eigenvalue weighted by Crippen LogP contribution is -2.73. The maximum absolute atomic E-state index is 2.78.